The fourth-order valence-corrected chi connectivity index (χ4v) is 4.53. The Kier molecular flexibility index (Phi) is 3.09. The lowest BCUT2D eigenvalue weighted by Crippen LogP contribution is -2.50. The number of nitrogens with zero attached hydrogens (tertiary/aromatic N) is 4. The van der Waals surface area contributed by atoms with Gasteiger partial charge in [0.1, 0.15) is 17.7 Å². The molecule has 4 heterocycles. The van der Waals surface area contributed by atoms with Crippen molar-refractivity contribution in [3.05, 3.63) is 48.3 Å². The summed E-state index contributed by atoms with van der Waals surface area (Å²) < 4.78 is 13.6. The average Bonchev–Trinajstić information content (AvgIpc) is 3.18. The third-order valence-corrected chi connectivity index (χ3v) is 5.58. The third kappa shape index (κ3) is 2.22. The monoisotopic (exact) mass is 339 g/mol. The van der Waals surface area contributed by atoms with Crippen molar-refractivity contribution in [1.82, 2.24) is 19.9 Å². The third-order valence-electron chi connectivity index (χ3n) is 5.58. The summed E-state index contributed by atoms with van der Waals surface area (Å²) in [5, 5.41) is 11.2. The summed E-state index contributed by atoms with van der Waals surface area (Å²) >= 11 is 0. The predicted molar refractivity (Wildman–Crippen MR) is 90.5 cm³/mol. The molecule has 0 saturated carbocycles. The molecule has 0 spiro atoms. The van der Waals surface area contributed by atoms with Crippen molar-refractivity contribution in [3.63, 3.8) is 0 Å². The molecule has 1 unspecified atom stereocenters. The molecule has 2 fully saturated rings. The fraction of sp³-hybridized carbons (Fsp3) is 0.389. The van der Waals surface area contributed by atoms with Gasteiger partial charge in [-0.25, -0.2) is 19.3 Å². The number of hydrogen-bond donors (Lipinski definition) is 2. The van der Waals surface area contributed by atoms with E-state index in [2.05, 4.69) is 24.8 Å². The molecule has 5 rings (SSSR count). The molecule has 0 radical (unpaired) electrons. The topological polar surface area (TPSA) is 77.9 Å². The molecule has 2 N–H and O–H groups in total. The smallest absolute Gasteiger partial charge is 0.182 e. The van der Waals surface area contributed by atoms with Gasteiger partial charge in [0.05, 0.1) is 11.9 Å². The van der Waals surface area contributed by atoms with Crippen molar-refractivity contribution in [3.8, 4) is 0 Å². The zero-order valence-electron chi connectivity index (χ0n) is 13.6. The molecule has 0 aliphatic carbocycles. The summed E-state index contributed by atoms with van der Waals surface area (Å²) in [5.41, 5.74) is 1.15. The van der Waals surface area contributed by atoms with Gasteiger partial charge in [-0.15, -0.1) is 0 Å². The largest absolute Gasteiger partial charge is 0.385 e. The standard InChI is InChI=1S/C18H18FN5O/c19-12-3-1-2-11(6-12)18(25)7-13-4-5-14(8-18)24(13)17-15-16(21-9-20-15)22-10-23-17/h1-3,6,9-10,13-14,25H,4-5,7-8H2,(H,20,21,22,23)/t13-,14+,18?. The number of fused-ring (bicyclic) bond motifs is 3. The number of rotatable bonds is 2. The van der Waals surface area contributed by atoms with Gasteiger partial charge in [-0.05, 0) is 30.5 Å². The van der Waals surface area contributed by atoms with E-state index in [1.165, 1.54) is 18.5 Å². The van der Waals surface area contributed by atoms with Crippen LogP contribution in [0.2, 0.25) is 0 Å². The van der Waals surface area contributed by atoms with E-state index in [0.717, 1.165) is 24.2 Å². The molecule has 3 aromatic rings. The van der Waals surface area contributed by atoms with Crippen LogP contribution in [-0.2, 0) is 5.60 Å². The highest BCUT2D eigenvalue weighted by Gasteiger charge is 2.49. The van der Waals surface area contributed by atoms with Crippen molar-refractivity contribution in [1.29, 1.82) is 0 Å². The zero-order chi connectivity index (χ0) is 17.0. The summed E-state index contributed by atoms with van der Waals surface area (Å²) in [4.78, 5) is 18.3. The molecule has 2 aromatic heterocycles. The summed E-state index contributed by atoms with van der Waals surface area (Å²) in [6.07, 6.45) is 6.26. The highest BCUT2D eigenvalue weighted by atomic mass is 19.1. The van der Waals surface area contributed by atoms with Crippen LogP contribution in [-0.4, -0.2) is 37.1 Å². The molecule has 128 valence electrons. The molecule has 2 aliphatic heterocycles. The zero-order valence-corrected chi connectivity index (χ0v) is 13.6. The lowest BCUT2D eigenvalue weighted by atomic mass is 9.80. The first-order chi connectivity index (χ1) is 12.1. The van der Waals surface area contributed by atoms with Crippen molar-refractivity contribution >= 4 is 17.0 Å². The Morgan fingerprint density at radius 3 is 2.72 bits per heavy atom. The number of hydrogen-bond acceptors (Lipinski definition) is 5. The van der Waals surface area contributed by atoms with E-state index >= 15 is 0 Å². The number of aliphatic hydroxyl groups is 1. The molecular formula is C18H18FN5O. The van der Waals surface area contributed by atoms with Crippen LogP contribution in [0, 0.1) is 5.82 Å². The van der Waals surface area contributed by atoms with Crippen molar-refractivity contribution < 1.29 is 9.50 Å². The van der Waals surface area contributed by atoms with Crippen molar-refractivity contribution in [2.75, 3.05) is 4.90 Å². The number of anilines is 1. The maximum atomic E-state index is 13.6. The van der Waals surface area contributed by atoms with E-state index < -0.39 is 5.60 Å². The SMILES string of the molecule is OC1(c2cccc(F)c2)C[C@H]2CC[C@@H](C1)N2c1ncnc2nc[nH]c12. The van der Waals surface area contributed by atoms with E-state index in [9.17, 15) is 9.50 Å². The van der Waals surface area contributed by atoms with Crippen LogP contribution >= 0.6 is 0 Å². The van der Waals surface area contributed by atoms with Gasteiger partial charge >= 0.3 is 0 Å². The van der Waals surface area contributed by atoms with Crippen molar-refractivity contribution in [2.24, 2.45) is 0 Å². The molecule has 2 bridgehead atoms. The summed E-state index contributed by atoms with van der Waals surface area (Å²) in [7, 11) is 0. The molecule has 7 heteroatoms. The van der Waals surface area contributed by atoms with Crippen LogP contribution in [0.25, 0.3) is 11.2 Å². The lowest BCUT2D eigenvalue weighted by Gasteiger charge is -2.44. The van der Waals surface area contributed by atoms with Gasteiger partial charge in [-0.1, -0.05) is 12.1 Å². The van der Waals surface area contributed by atoms with E-state index in [1.54, 1.807) is 12.4 Å². The quantitative estimate of drug-likeness (QED) is 0.750. The molecule has 0 amide bonds. The predicted octanol–water partition coefficient (Wildman–Crippen LogP) is 2.51. The number of piperidine rings is 1. The minimum absolute atomic E-state index is 0.161. The van der Waals surface area contributed by atoms with Crippen LogP contribution in [0.5, 0.6) is 0 Å². The van der Waals surface area contributed by atoms with E-state index in [0.29, 0.717) is 24.1 Å². The first-order valence-electron chi connectivity index (χ1n) is 8.55. The Bertz CT molecular complexity index is 928. The van der Waals surface area contributed by atoms with Crippen LogP contribution in [0.4, 0.5) is 10.2 Å². The second-order valence-electron chi connectivity index (χ2n) is 7.04. The van der Waals surface area contributed by atoms with Gasteiger partial charge in [0.15, 0.2) is 11.5 Å². The minimum atomic E-state index is -0.995. The van der Waals surface area contributed by atoms with Crippen molar-refractivity contribution in [2.45, 2.75) is 43.4 Å². The molecular weight excluding hydrogens is 321 g/mol. The van der Waals surface area contributed by atoms with Gasteiger partial charge in [-0.2, -0.15) is 0 Å². The second-order valence-corrected chi connectivity index (χ2v) is 7.04. The number of imidazole rings is 1. The number of H-pyrrole nitrogens is 1. The maximum absolute atomic E-state index is 13.6. The second kappa shape index (κ2) is 5.23. The highest BCUT2D eigenvalue weighted by molar-refractivity contribution is 5.83. The normalized spacial score (nSPS) is 28.6. The Morgan fingerprint density at radius 1 is 1.16 bits per heavy atom. The van der Waals surface area contributed by atoms with Gasteiger partial charge in [0.2, 0.25) is 0 Å². The number of aromatic nitrogens is 4. The molecule has 2 saturated heterocycles. The summed E-state index contributed by atoms with van der Waals surface area (Å²) in [6.45, 7) is 0. The fourth-order valence-electron chi connectivity index (χ4n) is 4.53. The molecule has 6 nitrogen and oxygen atoms in total. The van der Waals surface area contributed by atoms with Crippen LogP contribution in [0.1, 0.15) is 31.2 Å². The Morgan fingerprint density at radius 2 is 1.96 bits per heavy atom. The molecule has 2 aliphatic rings. The number of benzene rings is 1. The number of halogens is 1. The average molecular weight is 339 g/mol. The van der Waals surface area contributed by atoms with Crippen LogP contribution in [0.15, 0.2) is 36.9 Å². The molecule has 3 atom stereocenters. The first kappa shape index (κ1) is 14.8. The van der Waals surface area contributed by atoms with Gasteiger partial charge < -0.3 is 15.0 Å². The van der Waals surface area contributed by atoms with Gasteiger partial charge in [0.25, 0.3) is 0 Å². The lowest BCUT2D eigenvalue weighted by molar-refractivity contribution is -0.00339. The summed E-state index contributed by atoms with van der Waals surface area (Å²) in [5.74, 6) is 0.534. The summed E-state index contributed by atoms with van der Waals surface area (Å²) in [6, 6.07) is 6.66. The highest BCUT2D eigenvalue weighted by Crippen LogP contribution is 2.47. The number of aromatic amines is 1. The van der Waals surface area contributed by atoms with E-state index in [-0.39, 0.29) is 17.9 Å². The van der Waals surface area contributed by atoms with Gasteiger partial charge in [-0.3, -0.25) is 0 Å². The first-order valence-corrected chi connectivity index (χ1v) is 8.55. The molecule has 25 heavy (non-hydrogen) atoms. The van der Waals surface area contributed by atoms with Crippen LogP contribution in [0.3, 0.4) is 0 Å². The molecule has 1 aromatic carbocycles. The maximum Gasteiger partial charge on any atom is 0.182 e. The Balaban J connectivity index is 1.53. The minimum Gasteiger partial charge on any atom is -0.385 e. The van der Waals surface area contributed by atoms with E-state index in [4.69, 9.17) is 0 Å². The Hall–Kier alpha value is -2.54. The Labute approximate surface area is 143 Å². The number of nitrogens with one attached hydrogen (secondary N) is 1. The van der Waals surface area contributed by atoms with Crippen LogP contribution < -0.4 is 4.90 Å². The van der Waals surface area contributed by atoms with Gasteiger partial charge in [0, 0.05) is 24.9 Å². The van der Waals surface area contributed by atoms with E-state index in [1.807, 2.05) is 6.07 Å².